The molecule has 0 aromatic heterocycles. The van der Waals surface area contributed by atoms with Gasteiger partial charge in [0.2, 0.25) is 0 Å². The zero-order valence-electron chi connectivity index (χ0n) is 10.3. The van der Waals surface area contributed by atoms with Crippen LogP contribution in [0.15, 0.2) is 42.5 Å². The lowest BCUT2D eigenvalue weighted by Crippen LogP contribution is -2.04. The molecule has 2 rings (SSSR count). The summed E-state index contributed by atoms with van der Waals surface area (Å²) in [5.41, 5.74) is -1.22. The van der Waals surface area contributed by atoms with Crippen LogP contribution in [0.2, 0.25) is 0 Å². The first kappa shape index (κ1) is 14.8. The highest BCUT2D eigenvalue weighted by Crippen LogP contribution is 2.33. The molecule has 110 valence electrons. The third-order valence-corrected chi connectivity index (χ3v) is 2.57. The molecule has 0 heterocycles. The first-order chi connectivity index (χ1) is 9.77. The van der Waals surface area contributed by atoms with Gasteiger partial charge in [-0.25, -0.2) is 9.18 Å². The van der Waals surface area contributed by atoms with Crippen LogP contribution in [-0.2, 0) is 6.18 Å². The van der Waals surface area contributed by atoms with Crippen molar-refractivity contribution in [3.8, 4) is 11.5 Å². The molecule has 0 aliphatic carbocycles. The highest BCUT2D eigenvalue weighted by atomic mass is 19.4. The molecule has 0 saturated heterocycles. The molecular formula is C14H8F4O3. The largest absolute Gasteiger partial charge is 0.478 e. The van der Waals surface area contributed by atoms with E-state index in [0.717, 1.165) is 36.4 Å². The molecule has 1 N–H and O–H groups in total. The van der Waals surface area contributed by atoms with Crippen molar-refractivity contribution in [2.24, 2.45) is 0 Å². The van der Waals surface area contributed by atoms with Crippen molar-refractivity contribution in [1.82, 2.24) is 0 Å². The highest BCUT2D eigenvalue weighted by molar-refractivity contribution is 5.87. The second-order valence-electron chi connectivity index (χ2n) is 4.08. The van der Waals surface area contributed by atoms with E-state index in [9.17, 15) is 22.4 Å². The van der Waals surface area contributed by atoms with Crippen LogP contribution in [-0.4, -0.2) is 11.1 Å². The minimum Gasteiger partial charge on any atom is -0.478 e. The number of aromatic carboxylic acids is 1. The van der Waals surface area contributed by atoms with Crippen molar-refractivity contribution in [2.75, 3.05) is 0 Å². The molecule has 0 radical (unpaired) electrons. The molecule has 0 aliphatic rings. The van der Waals surface area contributed by atoms with Crippen molar-refractivity contribution in [3.05, 3.63) is 59.4 Å². The number of hydrogen-bond acceptors (Lipinski definition) is 2. The summed E-state index contributed by atoms with van der Waals surface area (Å²) < 4.78 is 56.2. The molecule has 3 nitrogen and oxygen atoms in total. The summed E-state index contributed by atoms with van der Waals surface area (Å²) in [4.78, 5) is 10.6. The van der Waals surface area contributed by atoms with Gasteiger partial charge in [0.05, 0.1) is 11.1 Å². The van der Waals surface area contributed by atoms with E-state index in [2.05, 4.69) is 0 Å². The Kier molecular flexibility index (Phi) is 3.84. The van der Waals surface area contributed by atoms with Crippen molar-refractivity contribution in [2.45, 2.75) is 6.18 Å². The van der Waals surface area contributed by atoms with Crippen LogP contribution in [0.1, 0.15) is 15.9 Å². The van der Waals surface area contributed by atoms with E-state index in [-0.39, 0.29) is 17.1 Å². The van der Waals surface area contributed by atoms with Gasteiger partial charge < -0.3 is 9.84 Å². The predicted octanol–water partition coefficient (Wildman–Crippen LogP) is 4.34. The van der Waals surface area contributed by atoms with Crippen molar-refractivity contribution in [3.63, 3.8) is 0 Å². The molecule has 0 fully saturated rings. The third-order valence-electron chi connectivity index (χ3n) is 2.57. The molecule has 0 spiro atoms. The summed E-state index contributed by atoms with van der Waals surface area (Å²) in [6.45, 7) is 0. The molecule has 2 aromatic carbocycles. The Bertz CT molecular complexity index is 680. The minimum absolute atomic E-state index is 0.202. The molecule has 2 aromatic rings. The van der Waals surface area contributed by atoms with E-state index in [4.69, 9.17) is 9.84 Å². The first-order valence-electron chi connectivity index (χ1n) is 5.65. The summed E-state index contributed by atoms with van der Waals surface area (Å²) in [5.74, 6) is -2.86. The summed E-state index contributed by atoms with van der Waals surface area (Å²) >= 11 is 0. The standard InChI is InChI=1S/C14H8F4O3/c15-11-6-8(13(19)20)4-5-12(11)21-10-3-1-2-9(7-10)14(16,17)18/h1-7H,(H,19,20). The number of halogens is 4. The van der Waals surface area contributed by atoms with Gasteiger partial charge in [0, 0.05) is 0 Å². The Labute approximate surface area is 116 Å². The van der Waals surface area contributed by atoms with Crippen LogP contribution in [0.25, 0.3) is 0 Å². The van der Waals surface area contributed by atoms with Gasteiger partial charge in [-0.15, -0.1) is 0 Å². The van der Waals surface area contributed by atoms with Crippen LogP contribution in [0.3, 0.4) is 0 Å². The molecule has 0 unspecified atom stereocenters. The minimum atomic E-state index is -4.54. The number of hydrogen-bond donors (Lipinski definition) is 1. The maximum absolute atomic E-state index is 13.6. The van der Waals surface area contributed by atoms with Crippen molar-refractivity contribution < 1.29 is 32.2 Å². The smallest absolute Gasteiger partial charge is 0.416 e. The Morgan fingerprint density at radius 3 is 2.38 bits per heavy atom. The van der Waals surface area contributed by atoms with Gasteiger partial charge in [-0.3, -0.25) is 0 Å². The van der Waals surface area contributed by atoms with Crippen LogP contribution in [0.4, 0.5) is 17.6 Å². The van der Waals surface area contributed by atoms with Gasteiger partial charge in [0.1, 0.15) is 5.75 Å². The molecule has 0 bridgehead atoms. The fourth-order valence-corrected chi connectivity index (χ4v) is 1.58. The molecule has 0 aliphatic heterocycles. The molecule has 7 heteroatoms. The Morgan fingerprint density at radius 2 is 1.81 bits per heavy atom. The number of alkyl halides is 3. The zero-order valence-corrected chi connectivity index (χ0v) is 10.3. The molecule has 0 amide bonds. The van der Waals surface area contributed by atoms with Gasteiger partial charge in [-0.2, -0.15) is 13.2 Å². The van der Waals surface area contributed by atoms with Crippen LogP contribution >= 0.6 is 0 Å². The van der Waals surface area contributed by atoms with E-state index in [0.29, 0.717) is 0 Å². The number of rotatable bonds is 3. The Hall–Kier alpha value is -2.57. The summed E-state index contributed by atoms with van der Waals surface area (Å²) in [6, 6.07) is 6.81. The molecule has 0 saturated carbocycles. The van der Waals surface area contributed by atoms with E-state index < -0.39 is 23.5 Å². The van der Waals surface area contributed by atoms with Crippen molar-refractivity contribution >= 4 is 5.97 Å². The van der Waals surface area contributed by atoms with Gasteiger partial charge >= 0.3 is 12.1 Å². The summed E-state index contributed by atoms with van der Waals surface area (Å²) in [7, 11) is 0. The number of carbonyl (C=O) groups is 1. The highest BCUT2D eigenvalue weighted by Gasteiger charge is 2.30. The topological polar surface area (TPSA) is 46.5 Å². The zero-order chi connectivity index (χ0) is 15.6. The van der Waals surface area contributed by atoms with Crippen LogP contribution < -0.4 is 4.74 Å². The lowest BCUT2D eigenvalue weighted by atomic mass is 10.2. The fourth-order valence-electron chi connectivity index (χ4n) is 1.58. The van der Waals surface area contributed by atoms with E-state index in [1.165, 1.54) is 6.07 Å². The van der Waals surface area contributed by atoms with Crippen molar-refractivity contribution in [1.29, 1.82) is 0 Å². The predicted molar refractivity (Wildman–Crippen MR) is 64.9 cm³/mol. The molecular weight excluding hydrogens is 292 g/mol. The Morgan fingerprint density at radius 1 is 1.10 bits per heavy atom. The van der Waals surface area contributed by atoms with Gasteiger partial charge in [-0.05, 0) is 36.4 Å². The SMILES string of the molecule is O=C(O)c1ccc(Oc2cccc(C(F)(F)F)c2)c(F)c1. The monoisotopic (exact) mass is 300 g/mol. The number of ether oxygens (including phenoxy) is 1. The lowest BCUT2D eigenvalue weighted by Gasteiger charge is -2.10. The Balaban J connectivity index is 2.28. The average molecular weight is 300 g/mol. The van der Waals surface area contributed by atoms with Gasteiger partial charge in [0.15, 0.2) is 11.6 Å². The second kappa shape index (κ2) is 5.43. The van der Waals surface area contributed by atoms with Crippen LogP contribution in [0.5, 0.6) is 11.5 Å². The van der Waals surface area contributed by atoms with E-state index in [1.807, 2.05) is 0 Å². The quantitative estimate of drug-likeness (QED) is 0.858. The number of benzene rings is 2. The maximum atomic E-state index is 13.6. The number of carboxylic acids is 1. The summed E-state index contributed by atoms with van der Waals surface area (Å²) in [5, 5.41) is 8.68. The normalized spacial score (nSPS) is 11.2. The maximum Gasteiger partial charge on any atom is 0.416 e. The third kappa shape index (κ3) is 3.50. The van der Waals surface area contributed by atoms with Gasteiger partial charge in [0.25, 0.3) is 0 Å². The molecule has 0 atom stereocenters. The first-order valence-corrected chi connectivity index (χ1v) is 5.65. The second-order valence-corrected chi connectivity index (χ2v) is 4.08. The average Bonchev–Trinajstić information content (AvgIpc) is 2.40. The van der Waals surface area contributed by atoms with Crippen LogP contribution in [0, 0.1) is 5.82 Å². The lowest BCUT2D eigenvalue weighted by molar-refractivity contribution is -0.137. The fraction of sp³-hybridized carbons (Fsp3) is 0.0714. The van der Waals surface area contributed by atoms with Gasteiger partial charge in [-0.1, -0.05) is 6.07 Å². The van der Waals surface area contributed by atoms with E-state index >= 15 is 0 Å². The summed E-state index contributed by atoms with van der Waals surface area (Å²) in [6.07, 6.45) is -4.54. The number of carboxylic acid groups (broad SMARTS) is 1. The van der Waals surface area contributed by atoms with E-state index in [1.54, 1.807) is 0 Å². The molecule has 21 heavy (non-hydrogen) atoms.